The minimum Gasteiger partial charge on any atom is -0.460 e. The van der Waals surface area contributed by atoms with E-state index in [9.17, 15) is 18.3 Å². The quantitative estimate of drug-likeness (QED) is 0.417. The number of rotatable bonds is 6. The molecule has 8 heteroatoms. The molecule has 0 fully saturated rings. The number of halogens is 3. The van der Waals surface area contributed by atoms with Crippen LogP contribution in [0.1, 0.15) is 22.7 Å². The van der Waals surface area contributed by atoms with Gasteiger partial charge in [0.15, 0.2) is 0 Å². The molecule has 0 aliphatic rings. The number of para-hydroxylation sites is 2. The van der Waals surface area contributed by atoms with E-state index in [1.165, 1.54) is 12.1 Å². The molecule has 0 amide bonds. The molecule has 0 saturated carbocycles. The highest BCUT2D eigenvalue weighted by Gasteiger charge is 2.30. The van der Waals surface area contributed by atoms with E-state index in [0.29, 0.717) is 34.2 Å². The average Bonchev–Trinajstić information content (AvgIpc) is 3.31. The van der Waals surface area contributed by atoms with Crippen LogP contribution in [0.3, 0.4) is 0 Å². The second kappa shape index (κ2) is 7.96. The first-order valence-corrected chi connectivity index (χ1v) is 10.0. The van der Waals surface area contributed by atoms with Crippen molar-refractivity contribution >= 4 is 22.8 Å². The summed E-state index contributed by atoms with van der Waals surface area (Å²) in [4.78, 5) is 7.77. The number of nitrogens with zero attached hydrogens (tertiary/aromatic N) is 1. The maximum Gasteiger partial charge on any atom is 0.416 e. The monoisotopic (exact) mass is 418 g/mol. The van der Waals surface area contributed by atoms with Crippen molar-refractivity contribution in [1.29, 1.82) is 0 Å². The summed E-state index contributed by atoms with van der Waals surface area (Å²) in [5.74, 6) is 3.02. The first-order valence-electron chi connectivity index (χ1n) is 8.85. The molecule has 2 aromatic heterocycles. The number of H-pyrrole nitrogens is 1. The van der Waals surface area contributed by atoms with Crippen molar-refractivity contribution in [3.05, 3.63) is 77.3 Å². The van der Waals surface area contributed by atoms with Crippen LogP contribution in [0.2, 0.25) is 0 Å². The summed E-state index contributed by atoms with van der Waals surface area (Å²) in [6, 6.07) is 14.2. The van der Waals surface area contributed by atoms with Gasteiger partial charge in [-0.3, -0.25) is 0 Å². The fourth-order valence-corrected chi connectivity index (χ4v) is 3.86. The molecule has 2 heterocycles. The first kappa shape index (κ1) is 19.6. The number of hydrogen-bond acceptors (Lipinski definition) is 4. The number of furan rings is 1. The van der Waals surface area contributed by atoms with Gasteiger partial charge < -0.3 is 14.5 Å². The van der Waals surface area contributed by atoms with Crippen molar-refractivity contribution in [1.82, 2.24) is 9.97 Å². The van der Waals surface area contributed by atoms with Gasteiger partial charge in [-0.05, 0) is 30.3 Å². The second-order valence-electron chi connectivity index (χ2n) is 6.49. The number of alkyl halides is 3. The third-order valence-electron chi connectivity index (χ3n) is 4.47. The van der Waals surface area contributed by atoms with Gasteiger partial charge in [0.1, 0.15) is 17.3 Å². The van der Waals surface area contributed by atoms with E-state index in [1.807, 2.05) is 24.3 Å². The SMILES string of the molecule is OCc1cc(-c2ccc(C(F)(F)F)cc2)oc1CSCc1nc2ccccc2[nH]1. The van der Waals surface area contributed by atoms with Gasteiger partial charge >= 0.3 is 6.18 Å². The molecule has 0 atom stereocenters. The number of aromatic amines is 1. The van der Waals surface area contributed by atoms with Gasteiger partial charge in [0.2, 0.25) is 0 Å². The molecule has 29 heavy (non-hydrogen) atoms. The lowest BCUT2D eigenvalue weighted by molar-refractivity contribution is -0.137. The smallest absolute Gasteiger partial charge is 0.416 e. The minimum absolute atomic E-state index is 0.204. The van der Waals surface area contributed by atoms with Crippen molar-refractivity contribution in [2.45, 2.75) is 24.3 Å². The van der Waals surface area contributed by atoms with E-state index >= 15 is 0 Å². The maximum absolute atomic E-state index is 12.7. The van der Waals surface area contributed by atoms with Crippen LogP contribution in [0.4, 0.5) is 13.2 Å². The molecule has 4 aromatic rings. The fourth-order valence-electron chi connectivity index (χ4n) is 3.00. The molecule has 2 aromatic carbocycles. The largest absolute Gasteiger partial charge is 0.460 e. The Bertz CT molecular complexity index is 1080. The number of hydrogen-bond donors (Lipinski definition) is 2. The van der Waals surface area contributed by atoms with E-state index in [2.05, 4.69) is 9.97 Å². The third kappa shape index (κ3) is 4.33. The zero-order valence-electron chi connectivity index (χ0n) is 15.2. The summed E-state index contributed by atoms with van der Waals surface area (Å²) in [6.07, 6.45) is -4.38. The molecule has 0 unspecified atom stereocenters. The number of aliphatic hydroxyl groups excluding tert-OH is 1. The Morgan fingerprint density at radius 1 is 1.03 bits per heavy atom. The Morgan fingerprint density at radius 3 is 2.48 bits per heavy atom. The van der Waals surface area contributed by atoms with Crippen molar-refractivity contribution in [2.75, 3.05) is 0 Å². The standard InChI is InChI=1S/C21H17F3N2O2S/c22-21(23,24)15-7-5-13(6-8-15)18-9-14(10-27)19(28-18)11-29-12-20-25-16-3-1-2-4-17(16)26-20/h1-9,27H,10-12H2,(H,25,26). The number of aromatic nitrogens is 2. The second-order valence-corrected chi connectivity index (χ2v) is 7.47. The maximum atomic E-state index is 12.7. The van der Waals surface area contributed by atoms with E-state index in [0.717, 1.165) is 29.0 Å². The Kier molecular flexibility index (Phi) is 5.38. The lowest BCUT2D eigenvalue weighted by atomic mass is 10.1. The van der Waals surface area contributed by atoms with Gasteiger partial charge in [0, 0.05) is 11.1 Å². The highest BCUT2D eigenvalue weighted by molar-refractivity contribution is 7.97. The fraction of sp³-hybridized carbons (Fsp3) is 0.190. The minimum atomic E-state index is -4.38. The molecular weight excluding hydrogens is 401 g/mol. The zero-order chi connectivity index (χ0) is 20.4. The first-order chi connectivity index (χ1) is 13.9. The molecule has 0 radical (unpaired) electrons. The van der Waals surface area contributed by atoms with Gasteiger partial charge in [-0.25, -0.2) is 4.98 Å². The molecule has 0 aliphatic heterocycles. The van der Waals surface area contributed by atoms with Gasteiger partial charge in [0.25, 0.3) is 0 Å². The molecule has 4 rings (SSSR count). The number of nitrogens with one attached hydrogen (secondary N) is 1. The third-order valence-corrected chi connectivity index (χ3v) is 5.42. The van der Waals surface area contributed by atoms with Crippen LogP contribution in [0.25, 0.3) is 22.4 Å². The van der Waals surface area contributed by atoms with E-state index < -0.39 is 11.7 Å². The summed E-state index contributed by atoms with van der Waals surface area (Å²) in [7, 11) is 0. The highest BCUT2D eigenvalue weighted by Crippen LogP contribution is 2.33. The average molecular weight is 418 g/mol. The van der Waals surface area contributed by atoms with E-state index in [4.69, 9.17) is 4.42 Å². The molecule has 0 spiro atoms. The van der Waals surface area contributed by atoms with Gasteiger partial charge in [0.05, 0.1) is 34.7 Å². The van der Waals surface area contributed by atoms with Crippen molar-refractivity contribution in [3.8, 4) is 11.3 Å². The van der Waals surface area contributed by atoms with Gasteiger partial charge in [-0.15, -0.1) is 11.8 Å². The molecule has 0 aliphatic carbocycles. The Morgan fingerprint density at radius 2 is 1.79 bits per heavy atom. The summed E-state index contributed by atoms with van der Waals surface area (Å²) >= 11 is 1.57. The van der Waals surface area contributed by atoms with E-state index in [1.54, 1.807) is 17.8 Å². The topological polar surface area (TPSA) is 62.1 Å². The van der Waals surface area contributed by atoms with Crippen LogP contribution in [-0.4, -0.2) is 15.1 Å². The van der Waals surface area contributed by atoms with Gasteiger partial charge in [-0.1, -0.05) is 24.3 Å². The number of benzene rings is 2. The lowest BCUT2D eigenvalue weighted by Gasteiger charge is -2.06. The molecule has 2 N–H and O–H groups in total. The molecule has 4 nitrogen and oxygen atoms in total. The van der Waals surface area contributed by atoms with Crippen molar-refractivity contribution < 1.29 is 22.7 Å². The Balaban J connectivity index is 1.46. The summed E-state index contributed by atoms with van der Waals surface area (Å²) < 4.78 is 44.0. The summed E-state index contributed by atoms with van der Waals surface area (Å²) in [5.41, 5.74) is 2.32. The zero-order valence-corrected chi connectivity index (χ0v) is 16.0. The van der Waals surface area contributed by atoms with Gasteiger partial charge in [-0.2, -0.15) is 13.2 Å². The van der Waals surface area contributed by atoms with Crippen LogP contribution in [0.15, 0.2) is 59.0 Å². The molecule has 0 saturated heterocycles. The van der Waals surface area contributed by atoms with Crippen LogP contribution in [0.5, 0.6) is 0 Å². The summed E-state index contributed by atoms with van der Waals surface area (Å²) in [6.45, 7) is -0.204. The lowest BCUT2D eigenvalue weighted by Crippen LogP contribution is -2.03. The molecule has 0 bridgehead atoms. The Labute approximate surface area is 168 Å². The number of aliphatic hydroxyl groups is 1. The Hall–Kier alpha value is -2.71. The predicted molar refractivity (Wildman–Crippen MR) is 106 cm³/mol. The predicted octanol–water partition coefficient (Wildman–Crippen LogP) is 5.77. The van der Waals surface area contributed by atoms with Crippen LogP contribution < -0.4 is 0 Å². The normalized spacial score (nSPS) is 12.0. The van der Waals surface area contributed by atoms with Crippen LogP contribution in [-0.2, 0) is 24.3 Å². The molecule has 150 valence electrons. The van der Waals surface area contributed by atoms with Crippen molar-refractivity contribution in [2.24, 2.45) is 0 Å². The summed E-state index contributed by atoms with van der Waals surface area (Å²) in [5, 5.41) is 9.60. The number of thioether (sulfide) groups is 1. The van der Waals surface area contributed by atoms with Crippen LogP contribution >= 0.6 is 11.8 Å². The van der Waals surface area contributed by atoms with E-state index in [-0.39, 0.29) is 6.61 Å². The highest BCUT2D eigenvalue weighted by atomic mass is 32.2. The van der Waals surface area contributed by atoms with Crippen LogP contribution in [0, 0.1) is 0 Å². The van der Waals surface area contributed by atoms with Crippen molar-refractivity contribution in [3.63, 3.8) is 0 Å². The molecular formula is C21H17F3N2O2S. The number of fused-ring (bicyclic) bond motifs is 1. The number of imidazole rings is 1.